The molecule has 0 saturated carbocycles. The van der Waals surface area contributed by atoms with Gasteiger partial charge in [0.05, 0.1) is 0 Å². The summed E-state index contributed by atoms with van der Waals surface area (Å²) in [5.74, 6) is 0. The minimum absolute atomic E-state index is 0.0853. The van der Waals surface area contributed by atoms with Crippen LogP contribution in [0.4, 0.5) is 14.4 Å². The van der Waals surface area contributed by atoms with Gasteiger partial charge >= 0.3 is 18.2 Å². The average molecular weight is 507 g/mol. The van der Waals surface area contributed by atoms with Crippen molar-refractivity contribution in [1.82, 2.24) is 19.6 Å². The predicted molar refractivity (Wildman–Crippen MR) is 137 cm³/mol. The van der Waals surface area contributed by atoms with E-state index in [9.17, 15) is 14.4 Å². The Morgan fingerprint density at radius 2 is 1.32 bits per heavy atom. The number of amides is 4. The number of rotatable bonds is 2. The van der Waals surface area contributed by atoms with Gasteiger partial charge in [0.1, 0.15) is 11.6 Å². The van der Waals surface area contributed by atoms with Crippen LogP contribution >= 0.6 is 0 Å². The number of benzene rings is 2. The van der Waals surface area contributed by atoms with Crippen molar-refractivity contribution in [2.75, 3.05) is 45.8 Å². The Kier molecular flexibility index (Phi) is 6.47. The largest absolute Gasteiger partial charge is 0.444 e. The second kappa shape index (κ2) is 9.61. The molecule has 37 heavy (non-hydrogen) atoms. The highest BCUT2D eigenvalue weighted by atomic mass is 16.6. The number of hydrogen-bond donors (Lipinski definition) is 0. The normalized spacial score (nSPS) is 21.4. The van der Waals surface area contributed by atoms with Gasteiger partial charge < -0.3 is 24.2 Å². The number of nitrogens with zero attached hydrogens (tertiary/aromatic N) is 4. The minimum Gasteiger partial charge on any atom is -0.444 e. The lowest BCUT2D eigenvalue weighted by atomic mass is 9.79. The van der Waals surface area contributed by atoms with Gasteiger partial charge in [-0.3, -0.25) is 4.90 Å². The highest BCUT2D eigenvalue weighted by molar-refractivity contribution is 5.78. The van der Waals surface area contributed by atoms with Crippen LogP contribution in [0.15, 0.2) is 60.7 Å². The van der Waals surface area contributed by atoms with E-state index in [2.05, 4.69) is 0 Å². The second-order valence-electron chi connectivity index (χ2n) is 10.7. The van der Waals surface area contributed by atoms with Crippen molar-refractivity contribution in [3.63, 3.8) is 0 Å². The Bertz CT molecular complexity index is 1100. The number of urea groups is 1. The first-order chi connectivity index (χ1) is 17.7. The molecule has 9 nitrogen and oxygen atoms in total. The average Bonchev–Trinajstić information content (AvgIpc) is 3.21. The van der Waals surface area contributed by atoms with Crippen molar-refractivity contribution in [2.45, 2.75) is 38.0 Å². The fraction of sp³-hybridized carbons (Fsp3) is 0.464. The molecule has 0 N–H and O–H groups in total. The van der Waals surface area contributed by atoms with E-state index in [-0.39, 0.29) is 24.3 Å². The number of carbonyl (C=O) groups is 3. The molecule has 1 atom stereocenters. The topological polar surface area (TPSA) is 82.6 Å². The molecule has 3 aliphatic rings. The highest BCUT2D eigenvalue weighted by Gasteiger charge is 2.58. The number of fused-ring (bicyclic) bond motifs is 1. The molecule has 2 aromatic rings. The first-order valence-corrected chi connectivity index (χ1v) is 12.8. The first-order valence-electron chi connectivity index (χ1n) is 12.8. The van der Waals surface area contributed by atoms with Crippen LogP contribution in [0.25, 0.3) is 0 Å². The number of cyclic esters (lactones) is 1. The summed E-state index contributed by atoms with van der Waals surface area (Å²) < 4.78 is 11.7. The summed E-state index contributed by atoms with van der Waals surface area (Å²) in [5, 5.41) is 0. The van der Waals surface area contributed by atoms with E-state index in [1.165, 1.54) is 0 Å². The molecule has 0 spiro atoms. The number of piperazine rings is 2. The highest BCUT2D eigenvalue weighted by Crippen LogP contribution is 2.45. The zero-order valence-electron chi connectivity index (χ0n) is 21.6. The van der Waals surface area contributed by atoms with Gasteiger partial charge in [-0.2, -0.15) is 0 Å². The van der Waals surface area contributed by atoms with Crippen molar-refractivity contribution in [1.29, 1.82) is 0 Å². The molecule has 3 heterocycles. The van der Waals surface area contributed by atoms with E-state index in [4.69, 9.17) is 9.47 Å². The maximum atomic E-state index is 13.6. The lowest BCUT2D eigenvalue weighted by Crippen LogP contribution is -2.62. The summed E-state index contributed by atoms with van der Waals surface area (Å²) in [5.41, 5.74) is 0.173. The molecular weight excluding hydrogens is 472 g/mol. The van der Waals surface area contributed by atoms with E-state index >= 15 is 0 Å². The summed E-state index contributed by atoms with van der Waals surface area (Å²) in [6.07, 6.45) is -0.721. The van der Waals surface area contributed by atoms with E-state index in [0.29, 0.717) is 45.8 Å². The first kappa shape index (κ1) is 24.9. The third-order valence-corrected chi connectivity index (χ3v) is 7.21. The van der Waals surface area contributed by atoms with Gasteiger partial charge in [-0.1, -0.05) is 60.7 Å². The van der Waals surface area contributed by atoms with Crippen LogP contribution in [0.2, 0.25) is 0 Å². The lowest BCUT2D eigenvalue weighted by Gasteiger charge is -2.44. The molecule has 0 aliphatic carbocycles. The summed E-state index contributed by atoms with van der Waals surface area (Å²) >= 11 is 0. The Labute approximate surface area is 217 Å². The van der Waals surface area contributed by atoms with Crippen molar-refractivity contribution in [3.05, 3.63) is 71.8 Å². The van der Waals surface area contributed by atoms with Crippen LogP contribution in [0.3, 0.4) is 0 Å². The number of ether oxygens (including phenoxy) is 2. The fourth-order valence-electron chi connectivity index (χ4n) is 5.44. The summed E-state index contributed by atoms with van der Waals surface area (Å²) in [6, 6.07) is 19.1. The van der Waals surface area contributed by atoms with Crippen molar-refractivity contribution < 1.29 is 23.9 Å². The fourth-order valence-corrected chi connectivity index (χ4v) is 5.44. The molecule has 1 unspecified atom stereocenters. The zero-order chi connectivity index (χ0) is 26.2. The van der Waals surface area contributed by atoms with Crippen LogP contribution in [-0.2, 0) is 15.1 Å². The van der Waals surface area contributed by atoms with Gasteiger partial charge in [0.25, 0.3) is 0 Å². The van der Waals surface area contributed by atoms with E-state index < -0.39 is 11.2 Å². The molecule has 3 aliphatic heterocycles. The third-order valence-electron chi connectivity index (χ3n) is 7.21. The number of hydrogen-bond acceptors (Lipinski definition) is 5. The SMILES string of the molecule is CC(C)(C)OC(=O)N1CCN(C(=O)N2CCN3C(=O)OC(c4ccccc4)(c4ccccc4)C3C2)CC1. The molecule has 9 heteroatoms. The van der Waals surface area contributed by atoms with Crippen molar-refractivity contribution >= 4 is 18.2 Å². The molecule has 3 fully saturated rings. The minimum atomic E-state index is -1.02. The summed E-state index contributed by atoms with van der Waals surface area (Å²) in [4.78, 5) is 46.1. The van der Waals surface area contributed by atoms with Gasteiger partial charge in [-0.15, -0.1) is 0 Å². The Morgan fingerprint density at radius 1 is 0.811 bits per heavy atom. The van der Waals surface area contributed by atoms with E-state index in [0.717, 1.165) is 11.1 Å². The van der Waals surface area contributed by atoms with Gasteiger partial charge in [0.15, 0.2) is 5.60 Å². The zero-order valence-corrected chi connectivity index (χ0v) is 21.6. The monoisotopic (exact) mass is 506 g/mol. The van der Waals surface area contributed by atoms with E-state index in [1.807, 2.05) is 86.3 Å². The standard InChI is InChI=1S/C28H34N4O5/c1-27(2,3)36-25(34)30-16-14-29(15-17-30)24(33)31-18-19-32-23(20-31)28(37-26(32)35,21-10-6-4-7-11-21)22-12-8-5-9-13-22/h4-13,23H,14-20H2,1-3H3. The quantitative estimate of drug-likeness (QED) is 0.620. The maximum Gasteiger partial charge on any atom is 0.411 e. The Hall–Kier alpha value is -3.75. The van der Waals surface area contributed by atoms with Gasteiger partial charge in [0, 0.05) is 56.9 Å². The van der Waals surface area contributed by atoms with Gasteiger partial charge in [-0.25, -0.2) is 14.4 Å². The molecule has 4 amide bonds. The van der Waals surface area contributed by atoms with Crippen LogP contribution in [-0.4, -0.2) is 95.3 Å². The van der Waals surface area contributed by atoms with Gasteiger partial charge in [0.2, 0.25) is 0 Å². The molecule has 5 rings (SSSR count). The lowest BCUT2D eigenvalue weighted by molar-refractivity contribution is 0.0134. The second-order valence-corrected chi connectivity index (χ2v) is 10.7. The molecule has 2 aromatic carbocycles. The van der Waals surface area contributed by atoms with Crippen LogP contribution in [0.1, 0.15) is 31.9 Å². The summed E-state index contributed by atoms with van der Waals surface area (Å²) in [6.45, 7) is 8.40. The Morgan fingerprint density at radius 3 is 1.86 bits per heavy atom. The predicted octanol–water partition coefficient (Wildman–Crippen LogP) is 3.74. The summed E-state index contributed by atoms with van der Waals surface area (Å²) in [7, 11) is 0. The van der Waals surface area contributed by atoms with Crippen LogP contribution < -0.4 is 0 Å². The smallest absolute Gasteiger partial charge is 0.411 e. The molecule has 196 valence electrons. The molecule has 0 aromatic heterocycles. The van der Waals surface area contributed by atoms with Crippen LogP contribution in [0.5, 0.6) is 0 Å². The maximum absolute atomic E-state index is 13.6. The molecule has 3 saturated heterocycles. The van der Waals surface area contributed by atoms with E-state index in [1.54, 1.807) is 14.7 Å². The number of carbonyl (C=O) groups excluding carboxylic acids is 3. The molecule has 0 bridgehead atoms. The third kappa shape index (κ3) is 4.70. The Balaban J connectivity index is 1.35. The van der Waals surface area contributed by atoms with Crippen molar-refractivity contribution in [3.8, 4) is 0 Å². The molecular formula is C28H34N4O5. The molecule has 0 radical (unpaired) electrons. The van der Waals surface area contributed by atoms with Gasteiger partial charge in [-0.05, 0) is 20.8 Å². The van der Waals surface area contributed by atoms with Crippen molar-refractivity contribution in [2.24, 2.45) is 0 Å². The van der Waals surface area contributed by atoms with Crippen LogP contribution in [0, 0.1) is 0 Å².